The van der Waals surface area contributed by atoms with E-state index in [1.165, 1.54) is 25.1 Å². The number of nitrogens with two attached hydrogens (primary N) is 1. The fraction of sp³-hybridized carbons (Fsp3) is 0.286. The number of hydrogen-bond donors (Lipinski definition) is 2. The first kappa shape index (κ1) is 29.5. The molecule has 196 valence electrons. The molecule has 0 saturated heterocycles. The van der Waals surface area contributed by atoms with Crippen molar-refractivity contribution in [2.75, 3.05) is 0 Å². The topological polar surface area (TPSA) is 188 Å². The van der Waals surface area contributed by atoms with Gasteiger partial charge < -0.3 is 15.2 Å². The van der Waals surface area contributed by atoms with E-state index in [2.05, 4.69) is 10.2 Å². The van der Waals surface area contributed by atoms with E-state index in [0.29, 0.717) is 5.56 Å². The van der Waals surface area contributed by atoms with Crippen LogP contribution in [-0.2, 0) is 16.3 Å². The molecule has 0 aliphatic rings. The van der Waals surface area contributed by atoms with Gasteiger partial charge >= 0.3 is 11.7 Å². The minimum atomic E-state index is -0.940. The quantitative estimate of drug-likeness (QED) is 0.395. The van der Waals surface area contributed by atoms with Gasteiger partial charge in [-0.15, -0.1) is 22.6 Å². The summed E-state index contributed by atoms with van der Waals surface area (Å²) in [4.78, 5) is 50.2. The van der Waals surface area contributed by atoms with E-state index in [1.54, 1.807) is 19.9 Å². The number of esters is 1. The first-order chi connectivity index (χ1) is 16.9. The van der Waals surface area contributed by atoms with Gasteiger partial charge in [-0.25, -0.2) is 4.79 Å². The number of benzene rings is 1. The van der Waals surface area contributed by atoms with E-state index >= 15 is 0 Å². The van der Waals surface area contributed by atoms with Crippen molar-refractivity contribution in [1.29, 1.82) is 5.26 Å². The lowest BCUT2D eigenvalue weighted by atomic mass is 10.1. The normalized spacial score (nSPS) is 11.4. The van der Waals surface area contributed by atoms with Crippen molar-refractivity contribution in [2.24, 2.45) is 5.73 Å². The van der Waals surface area contributed by atoms with Crippen molar-refractivity contribution < 1.29 is 14.3 Å². The summed E-state index contributed by atoms with van der Waals surface area (Å²) in [5.74, 6) is -1.12. The SMILES string of the molecule is CC(C)c1cc(Oc2c(Cl)cc(-n3nc(C#N)c(=O)[nH]c3=O)cc2Cl)nn(COC(=O)[C@H](C)N)c1=O.Cl. The highest BCUT2D eigenvalue weighted by Crippen LogP contribution is 2.37. The van der Waals surface area contributed by atoms with Crippen molar-refractivity contribution in [1.82, 2.24) is 24.5 Å². The Balaban J connectivity index is 0.00000481. The van der Waals surface area contributed by atoms with Crippen LogP contribution in [0.3, 0.4) is 0 Å². The molecule has 2 heterocycles. The van der Waals surface area contributed by atoms with Crippen molar-refractivity contribution in [2.45, 2.75) is 39.5 Å². The van der Waals surface area contributed by atoms with E-state index in [0.717, 1.165) is 9.36 Å². The van der Waals surface area contributed by atoms with Crippen LogP contribution in [0.5, 0.6) is 11.6 Å². The number of hydrogen-bond acceptors (Lipinski definition) is 10. The summed E-state index contributed by atoms with van der Waals surface area (Å²) in [6.45, 7) is 4.48. The van der Waals surface area contributed by atoms with Crippen molar-refractivity contribution in [3.05, 3.63) is 70.7 Å². The molecule has 37 heavy (non-hydrogen) atoms. The number of halogens is 3. The molecule has 0 unspecified atom stereocenters. The van der Waals surface area contributed by atoms with Crippen LogP contribution in [-0.4, -0.2) is 36.6 Å². The number of carbonyl (C=O) groups is 1. The maximum atomic E-state index is 12.7. The maximum absolute atomic E-state index is 12.7. The number of nitriles is 1. The molecule has 0 radical (unpaired) electrons. The highest BCUT2D eigenvalue weighted by atomic mass is 35.5. The van der Waals surface area contributed by atoms with Crippen LogP contribution in [0.25, 0.3) is 5.69 Å². The molecule has 0 spiro atoms. The predicted molar refractivity (Wildman–Crippen MR) is 135 cm³/mol. The second-order valence-electron chi connectivity index (χ2n) is 7.75. The fourth-order valence-electron chi connectivity index (χ4n) is 2.86. The molecule has 3 N–H and O–H groups in total. The Bertz CT molecular complexity index is 1530. The minimum absolute atomic E-state index is 0. The number of nitrogens with zero attached hydrogens (tertiary/aromatic N) is 5. The summed E-state index contributed by atoms with van der Waals surface area (Å²) in [6, 6.07) is 4.60. The van der Waals surface area contributed by atoms with Gasteiger partial charge in [-0.05, 0) is 25.0 Å². The summed E-state index contributed by atoms with van der Waals surface area (Å²) in [6.07, 6.45) is 0. The number of rotatable bonds is 7. The third-order valence-electron chi connectivity index (χ3n) is 4.67. The lowest BCUT2D eigenvalue weighted by Gasteiger charge is -2.15. The molecule has 16 heteroatoms. The summed E-state index contributed by atoms with van der Waals surface area (Å²) in [5, 5.41) is 16.6. The molecule has 3 aromatic rings. The van der Waals surface area contributed by atoms with Crippen LogP contribution in [0, 0.1) is 11.3 Å². The Morgan fingerprint density at radius 3 is 2.32 bits per heavy atom. The Morgan fingerprint density at radius 2 is 1.78 bits per heavy atom. The zero-order valence-corrected chi connectivity index (χ0v) is 21.8. The Hall–Kier alpha value is -3.70. The van der Waals surface area contributed by atoms with E-state index in [1.807, 2.05) is 4.98 Å². The van der Waals surface area contributed by atoms with Gasteiger partial charge in [0.2, 0.25) is 11.6 Å². The lowest BCUT2D eigenvalue weighted by molar-refractivity contribution is -0.149. The van der Waals surface area contributed by atoms with Crippen molar-refractivity contribution >= 4 is 41.6 Å². The number of H-pyrrole nitrogens is 1. The largest absolute Gasteiger partial charge is 0.441 e. The van der Waals surface area contributed by atoms with Crippen LogP contribution < -0.4 is 27.3 Å². The molecule has 1 aromatic carbocycles. The highest BCUT2D eigenvalue weighted by Gasteiger charge is 2.19. The third kappa shape index (κ3) is 6.55. The lowest BCUT2D eigenvalue weighted by Crippen LogP contribution is -2.33. The molecule has 0 aliphatic heterocycles. The van der Waals surface area contributed by atoms with Gasteiger partial charge in [0.05, 0.1) is 15.7 Å². The number of nitrogens with one attached hydrogen (secondary N) is 1. The van der Waals surface area contributed by atoms with E-state index in [4.69, 9.17) is 43.7 Å². The van der Waals surface area contributed by atoms with Crippen molar-refractivity contribution in [3.8, 4) is 23.4 Å². The number of ether oxygens (including phenoxy) is 2. The number of carbonyl (C=O) groups excluding carboxylic acids is 1. The highest BCUT2D eigenvalue weighted by molar-refractivity contribution is 6.37. The van der Waals surface area contributed by atoms with Crippen LogP contribution in [0.2, 0.25) is 10.0 Å². The summed E-state index contributed by atoms with van der Waals surface area (Å²) >= 11 is 12.7. The van der Waals surface area contributed by atoms with E-state index in [-0.39, 0.29) is 45.7 Å². The molecule has 0 bridgehead atoms. The molecular formula is C21H20Cl3N7O6. The Morgan fingerprint density at radius 1 is 1.16 bits per heavy atom. The van der Waals surface area contributed by atoms with Crippen LogP contribution >= 0.6 is 35.6 Å². The summed E-state index contributed by atoms with van der Waals surface area (Å²) < 4.78 is 12.4. The van der Waals surface area contributed by atoms with E-state index in [9.17, 15) is 19.2 Å². The average molecular weight is 573 g/mol. The molecule has 0 saturated carbocycles. The predicted octanol–water partition coefficient (Wildman–Crippen LogP) is 1.84. The van der Waals surface area contributed by atoms with Crippen molar-refractivity contribution in [3.63, 3.8) is 0 Å². The van der Waals surface area contributed by atoms with Gasteiger partial charge in [0.15, 0.2) is 12.5 Å². The van der Waals surface area contributed by atoms with Gasteiger partial charge in [-0.3, -0.25) is 19.4 Å². The zero-order chi connectivity index (χ0) is 26.7. The molecule has 1 atom stereocenters. The standard InChI is InChI=1S/C21H19Cl2N7O6.ClH/c1-9(2)12-6-16(28-29(19(12)32)8-35-20(33)10(3)25)36-17-13(22)4-11(5-14(17)23)30-21(34)26-18(31)15(7-24)27-30;/h4-6,9-10H,8,25H2,1-3H3,(H,26,31,34);1H/t10-;/m0./s1. The van der Waals surface area contributed by atoms with Gasteiger partial charge in [0.1, 0.15) is 12.1 Å². The van der Waals surface area contributed by atoms with Crippen LogP contribution in [0.4, 0.5) is 0 Å². The Kier molecular flexibility index (Phi) is 9.60. The first-order valence-electron chi connectivity index (χ1n) is 10.3. The van der Waals surface area contributed by atoms with Crippen LogP contribution in [0.1, 0.15) is 37.9 Å². The molecule has 3 rings (SSSR count). The second kappa shape index (κ2) is 12.0. The molecular weight excluding hydrogens is 553 g/mol. The molecule has 13 nitrogen and oxygen atoms in total. The van der Waals surface area contributed by atoms with Gasteiger partial charge in [0, 0.05) is 11.6 Å². The van der Waals surface area contributed by atoms with Gasteiger partial charge in [-0.2, -0.15) is 14.6 Å². The fourth-order valence-corrected chi connectivity index (χ4v) is 3.42. The maximum Gasteiger partial charge on any atom is 0.349 e. The average Bonchev–Trinajstić information content (AvgIpc) is 2.80. The number of aromatic amines is 1. The summed E-state index contributed by atoms with van der Waals surface area (Å²) in [5.41, 5.74) is 2.92. The monoisotopic (exact) mass is 571 g/mol. The molecule has 0 amide bonds. The minimum Gasteiger partial charge on any atom is -0.441 e. The van der Waals surface area contributed by atoms with E-state index < -0.39 is 41.2 Å². The van der Waals surface area contributed by atoms with Crippen LogP contribution in [0.15, 0.2) is 32.6 Å². The second-order valence-corrected chi connectivity index (χ2v) is 8.56. The third-order valence-corrected chi connectivity index (χ3v) is 5.23. The molecule has 0 aliphatic carbocycles. The van der Waals surface area contributed by atoms with Gasteiger partial charge in [-0.1, -0.05) is 37.0 Å². The smallest absolute Gasteiger partial charge is 0.349 e. The molecule has 2 aromatic heterocycles. The molecule has 0 fully saturated rings. The number of aromatic nitrogens is 5. The zero-order valence-electron chi connectivity index (χ0n) is 19.5. The van der Waals surface area contributed by atoms with Gasteiger partial charge in [0.25, 0.3) is 11.1 Å². The first-order valence-corrected chi connectivity index (χ1v) is 11.0. The Labute approximate surface area is 224 Å². The summed E-state index contributed by atoms with van der Waals surface area (Å²) in [7, 11) is 0.